The summed E-state index contributed by atoms with van der Waals surface area (Å²) in [6.07, 6.45) is 2.56. The highest BCUT2D eigenvalue weighted by Crippen LogP contribution is 2.38. The van der Waals surface area contributed by atoms with Crippen molar-refractivity contribution >= 4 is 17.3 Å². The summed E-state index contributed by atoms with van der Waals surface area (Å²) >= 11 is 1.59. The van der Waals surface area contributed by atoms with E-state index in [4.69, 9.17) is 4.74 Å². The molecular formula is C12H17NO3S. The van der Waals surface area contributed by atoms with Gasteiger partial charge in [-0.1, -0.05) is 0 Å². The second kappa shape index (κ2) is 4.38. The SMILES string of the molecule is COC(C)(C)c1nc2c(s1)CCCC2C(=O)O. The number of carbonyl (C=O) groups is 1. The highest BCUT2D eigenvalue weighted by Gasteiger charge is 2.33. The monoisotopic (exact) mass is 255 g/mol. The van der Waals surface area contributed by atoms with E-state index in [-0.39, 0.29) is 0 Å². The summed E-state index contributed by atoms with van der Waals surface area (Å²) < 4.78 is 5.40. The Bertz CT molecular complexity index is 439. The number of nitrogens with zero attached hydrogens (tertiary/aromatic N) is 1. The third-order valence-electron chi connectivity index (χ3n) is 3.28. The first kappa shape index (κ1) is 12.5. The van der Waals surface area contributed by atoms with Crippen molar-refractivity contribution in [2.75, 3.05) is 7.11 Å². The largest absolute Gasteiger partial charge is 0.481 e. The quantitative estimate of drug-likeness (QED) is 0.901. The zero-order valence-electron chi connectivity index (χ0n) is 10.3. The van der Waals surface area contributed by atoms with E-state index in [2.05, 4.69) is 4.98 Å². The third kappa shape index (κ3) is 2.21. The number of aryl methyl sites for hydroxylation is 1. The van der Waals surface area contributed by atoms with Crippen LogP contribution < -0.4 is 0 Å². The van der Waals surface area contributed by atoms with Crippen LogP contribution in [0.3, 0.4) is 0 Å². The van der Waals surface area contributed by atoms with E-state index in [1.54, 1.807) is 18.4 Å². The first-order valence-corrected chi connectivity index (χ1v) is 6.55. The number of thiazole rings is 1. The van der Waals surface area contributed by atoms with Crippen LogP contribution in [0.25, 0.3) is 0 Å². The van der Waals surface area contributed by atoms with Gasteiger partial charge in [-0.2, -0.15) is 0 Å². The summed E-state index contributed by atoms with van der Waals surface area (Å²) in [6.45, 7) is 3.90. The molecule has 0 fully saturated rings. The van der Waals surface area contributed by atoms with Crippen LogP contribution in [0.2, 0.25) is 0 Å². The molecule has 94 valence electrons. The van der Waals surface area contributed by atoms with Gasteiger partial charge in [0.25, 0.3) is 0 Å². The van der Waals surface area contributed by atoms with Gasteiger partial charge in [0.15, 0.2) is 0 Å². The van der Waals surface area contributed by atoms with Crippen LogP contribution in [0.15, 0.2) is 0 Å². The molecule has 1 aliphatic rings. The van der Waals surface area contributed by atoms with Crippen molar-refractivity contribution in [3.8, 4) is 0 Å². The van der Waals surface area contributed by atoms with Crippen LogP contribution in [0, 0.1) is 0 Å². The molecule has 1 aromatic rings. The fourth-order valence-corrected chi connectivity index (χ4v) is 3.25. The first-order valence-electron chi connectivity index (χ1n) is 5.73. The lowest BCUT2D eigenvalue weighted by atomic mass is 9.91. The Morgan fingerprint density at radius 2 is 2.29 bits per heavy atom. The van der Waals surface area contributed by atoms with Crippen molar-refractivity contribution in [2.45, 2.75) is 44.6 Å². The van der Waals surface area contributed by atoms with E-state index < -0.39 is 17.5 Å². The molecule has 0 radical (unpaired) electrons. The maximum atomic E-state index is 11.2. The molecule has 0 amide bonds. The summed E-state index contributed by atoms with van der Waals surface area (Å²) in [6, 6.07) is 0. The molecule has 0 aliphatic heterocycles. The standard InChI is InChI=1S/C12H17NO3S/c1-12(2,16-3)11-13-9-7(10(14)15)5-4-6-8(9)17-11/h7H,4-6H2,1-3H3,(H,14,15). The number of fused-ring (bicyclic) bond motifs is 1. The van der Waals surface area contributed by atoms with Gasteiger partial charge >= 0.3 is 5.97 Å². The molecule has 5 heteroatoms. The zero-order valence-corrected chi connectivity index (χ0v) is 11.1. The number of carboxylic acids is 1. The lowest BCUT2D eigenvalue weighted by molar-refractivity contribution is -0.139. The van der Waals surface area contributed by atoms with E-state index in [1.807, 2.05) is 13.8 Å². The average Bonchev–Trinajstić information content (AvgIpc) is 2.72. The van der Waals surface area contributed by atoms with Gasteiger partial charge in [0, 0.05) is 12.0 Å². The number of aliphatic carboxylic acids is 1. The molecular weight excluding hydrogens is 238 g/mol. The Morgan fingerprint density at radius 1 is 1.59 bits per heavy atom. The highest BCUT2D eigenvalue weighted by atomic mass is 32.1. The number of aromatic nitrogens is 1. The Balaban J connectivity index is 2.40. The van der Waals surface area contributed by atoms with Crippen LogP contribution in [-0.2, 0) is 21.6 Å². The van der Waals surface area contributed by atoms with Crippen molar-refractivity contribution < 1.29 is 14.6 Å². The normalized spacial score (nSPS) is 20.1. The van der Waals surface area contributed by atoms with Crippen molar-refractivity contribution in [1.82, 2.24) is 4.98 Å². The minimum Gasteiger partial charge on any atom is -0.481 e. The molecule has 1 unspecified atom stereocenters. The Kier molecular flexibility index (Phi) is 3.23. The molecule has 17 heavy (non-hydrogen) atoms. The van der Waals surface area contributed by atoms with E-state index in [0.29, 0.717) is 6.42 Å². The molecule has 0 saturated heterocycles. The van der Waals surface area contributed by atoms with Gasteiger partial charge in [0.2, 0.25) is 0 Å². The molecule has 0 saturated carbocycles. The Labute approximate surface area is 105 Å². The Hall–Kier alpha value is -0.940. The summed E-state index contributed by atoms with van der Waals surface area (Å²) in [5.74, 6) is -1.20. The number of hydrogen-bond acceptors (Lipinski definition) is 4. The van der Waals surface area contributed by atoms with Gasteiger partial charge in [-0.05, 0) is 33.1 Å². The summed E-state index contributed by atoms with van der Waals surface area (Å²) in [5.41, 5.74) is 0.319. The van der Waals surface area contributed by atoms with Gasteiger partial charge in [0.05, 0.1) is 11.6 Å². The first-order chi connectivity index (χ1) is 7.95. The lowest BCUT2D eigenvalue weighted by Crippen LogP contribution is -2.20. The van der Waals surface area contributed by atoms with Crippen LogP contribution >= 0.6 is 11.3 Å². The van der Waals surface area contributed by atoms with Gasteiger partial charge in [-0.15, -0.1) is 11.3 Å². The van der Waals surface area contributed by atoms with Crippen LogP contribution in [0.1, 0.15) is 48.2 Å². The zero-order chi connectivity index (χ0) is 12.6. The number of rotatable bonds is 3. The number of hydrogen-bond donors (Lipinski definition) is 1. The number of methoxy groups -OCH3 is 1. The van der Waals surface area contributed by atoms with Crippen LogP contribution in [-0.4, -0.2) is 23.2 Å². The molecule has 0 bridgehead atoms. The molecule has 1 aromatic heterocycles. The van der Waals surface area contributed by atoms with Crippen molar-refractivity contribution in [3.63, 3.8) is 0 Å². The molecule has 4 nitrogen and oxygen atoms in total. The fraction of sp³-hybridized carbons (Fsp3) is 0.667. The summed E-state index contributed by atoms with van der Waals surface area (Å²) in [5, 5.41) is 10.1. The minimum atomic E-state index is -0.766. The second-order valence-corrected chi connectivity index (χ2v) is 5.91. The molecule has 1 aliphatic carbocycles. The van der Waals surface area contributed by atoms with Crippen LogP contribution in [0.4, 0.5) is 0 Å². The smallest absolute Gasteiger partial charge is 0.312 e. The van der Waals surface area contributed by atoms with Crippen molar-refractivity contribution in [1.29, 1.82) is 0 Å². The summed E-state index contributed by atoms with van der Waals surface area (Å²) in [7, 11) is 1.65. The van der Waals surface area contributed by atoms with E-state index in [9.17, 15) is 9.90 Å². The van der Waals surface area contributed by atoms with E-state index in [1.165, 1.54) is 0 Å². The highest BCUT2D eigenvalue weighted by molar-refractivity contribution is 7.11. The van der Waals surface area contributed by atoms with Gasteiger partial charge in [-0.25, -0.2) is 4.98 Å². The topological polar surface area (TPSA) is 59.4 Å². The van der Waals surface area contributed by atoms with Crippen molar-refractivity contribution in [3.05, 3.63) is 15.6 Å². The number of ether oxygens (including phenoxy) is 1. The van der Waals surface area contributed by atoms with E-state index in [0.717, 1.165) is 28.4 Å². The Morgan fingerprint density at radius 3 is 2.88 bits per heavy atom. The molecule has 2 rings (SSSR count). The third-order valence-corrected chi connectivity index (χ3v) is 4.71. The van der Waals surface area contributed by atoms with E-state index >= 15 is 0 Å². The lowest BCUT2D eigenvalue weighted by Gasteiger charge is -2.19. The molecule has 1 atom stereocenters. The molecule has 0 aromatic carbocycles. The fourth-order valence-electron chi connectivity index (χ4n) is 2.00. The average molecular weight is 255 g/mol. The van der Waals surface area contributed by atoms with Crippen molar-refractivity contribution in [2.24, 2.45) is 0 Å². The van der Waals surface area contributed by atoms with Gasteiger partial charge < -0.3 is 9.84 Å². The summed E-state index contributed by atoms with van der Waals surface area (Å²) in [4.78, 5) is 16.8. The maximum absolute atomic E-state index is 11.2. The molecule has 1 heterocycles. The van der Waals surface area contributed by atoms with Gasteiger partial charge in [0.1, 0.15) is 10.6 Å². The predicted molar refractivity (Wildman–Crippen MR) is 65.5 cm³/mol. The minimum absolute atomic E-state index is 0.434. The van der Waals surface area contributed by atoms with Crippen LogP contribution in [0.5, 0.6) is 0 Å². The predicted octanol–water partition coefficient (Wildman–Crippen LogP) is 2.53. The van der Waals surface area contributed by atoms with Gasteiger partial charge in [-0.3, -0.25) is 4.79 Å². The maximum Gasteiger partial charge on any atom is 0.312 e. The second-order valence-electron chi connectivity index (χ2n) is 4.82. The molecule has 0 spiro atoms. The number of carboxylic acid groups (broad SMARTS) is 1. The molecule has 1 N–H and O–H groups in total.